The van der Waals surface area contributed by atoms with E-state index in [1.165, 1.54) is 27.9 Å². The molecule has 0 bridgehead atoms. The topological polar surface area (TPSA) is 117 Å². The predicted molar refractivity (Wildman–Crippen MR) is 65.4 cm³/mol. The van der Waals surface area contributed by atoms with Crippen molar-refractivity contribution in [3.63, 3.8) is 0 Å². The molecule has 1 aliphatic heterocycles. The van der Waals surface area contributed by atoms with Gasteiger partial charge in [-0.3, -0.25) is 15.0 Å². The van der Waals surface area contributed by atoms with Crippen LogP contribution in [0.4, 0.5) is 10.5 Å². The number of carboxylic acids is 1. The van der Waals surface area contributed by atoms with Gasteiger partial charge in [-0.1, -0.05) is 0 Å². The maximum Gasteiger partial charge on any atom is 0.354 e. The number of fused-ring (bicyclic) bond motifs is 1. The summed E-state index contributed by atoms with van der Waals surface area (Å²) in [6.07, 6.45) is 1.39. The molecule has 1 fully saturated rings. The summed E-state index contributed by atoms with van der Waals surface area (Å²) in [5.41, 5.74) is 0.553. The van der Waals surface area contributed by atoms with Gasteiger partial charge in [-0.25, -0.2) is 19.1 Å². The van der Waals surface area contributed by atoms with E-state index in [0.29, 0.717) is 11.3 Å². The van der Waals surface area contributed by atoms with Gasteiger partial charge in [0.25, 0.3) is 0 Å². The molecule has 0 radical (unpaired) electrons. The molecule has 1 aliphatic rings. The highest BCUT2D eigenvalue weighted by atomic mass is 16.4. The minimum atomic E-state index is -1.18. The van der Waals surface area contributed by atoms with E-state index in [9.17, 15) is 19.5 Å². The second kappa shape index (κ2) is 4.30. The number of aromatic nitrogens is 3. The van der Waals surface area contributed by atoms with E-state index in [1.54, 1.807) is 0 Å². The lowest BCUT2D eigenvalue weighted by molar-refractivity contribution is -0.120. The van der Waals surface area contributed by atoms with Crippen LogP contribution >= 0.6 is 0 Å². The zero-order valence-electron chi connectivity index (χ0n) is 10.1. The fourth-order valence-electron chi connectivity index (χ4n) is 2.03. The molecular weight excluding hydrogens is 266 g/mol. The Bertz CT molecular complexity index is 737. The Kier molecular flexibility index (Phi) is 2.60. The smallest absolute Gasteiger partial charge is 0.354 e. The third kappa shape index (κ3) is 1.85. The van der Waals surface area contributed by atoms with Crippen LogP contribution in [-0.2, 0) is 4.79 Å². The third-order valence-electron chi connectivity index (χ3n) is 2.95. The normalized spacial score (nSPS) is 15.5. The third-order valence-corrected chi connectivity index (χ3v) is 2.95. The maximum absolute atomic E-state index is 11.8. The molecule has 0 spiro atoms. The molecule has 2 N–H and O–H groups in total. The summed E-state index contributed by atoms with van der Waals surface area (Å²) in [4.78, 5) is 39.3. The van der Waals surface area contributed by atoms with Gasteiger partial charge in [-0.2, -0.15) is 5.10 Å². The summed E-state index contributed by atoms with van der Waals surface area (Å²) in [5.74, 6) is -1.54. The molecule has 9 nitrogen and oxygen atoms in total. The number of amides is 3. The number of nitrogens with zero attached hydrogens (tertiary/aromatic N) is 4. The van der Waals surface area contributed by atoms with Gasteiger partial charge >= 0.3 is 12.0 Å². The Labute approximate surface area is 111 Å². The van der Waals surface area contributed by atoms with Gasteiger partial charge in [0, 0.05) is 19.0 Å². The molecule has 9 heteroatoms. The number of aromatic carboxylic acids is 1. The number of rotatable bonds is 2. The van der Waals surface area contributed by atoms with E-state index in [4.69, 9.17) is 0 Å². The highest BCUT2D eigenvalue weighted by molar-refractivity contribution is 6.06. The SMILES string of the molecule is O=C1CCN(c2cc(C(=O)O)n3ncnc3c2)C(=O)N1. The zero-order valence-corrected chi connectivity index (χ0v) is 10.1. The molecule has 3 amide bonds. The van der Waals surface area contributed by atoms with Crippen molar-refractivity contribution in [1.82, 2.24) is 19.9 Å². The Morgan fingerprint density at radius 2 is 2.15 bits per heavy atom. The number of urea groups is 1. The zero-order chi connectivity index (χ0) is 14.3. The van der Waals surface area contributed by atoms with Crippen LogP contribution < -0.4 is 10.2 Å². The van der Waals surface area contributed by atoms with Crippen molar-refractivity contribution in [2.45, 2.75) is 6.42 Å². The van der Waals surface area contributed by atoms with Crippen molar-refractivity contribution < 1.29 is 19.5 Å². The number of pyridine rings is 1. The molecule has 0 unspecified atom stereocenters. The van der Waals surface area contributed by atoms with Crippen LogP contribution in [0.2, 0.25) is 0 Å². The molecule has 0 saturated carbocycles. The first-order valence-corrected chi connectivity index (χ1v) is 5.74. The Hall–Kier alpha value is -2.97. The average molecular weight is 275 g/mol. The summed E-state index contributed by atoms with van der Waals surface area (Å²) in [7, 11) is 0. The van der Waals surface area contributed by atoms with Crippen LogP contribution in [0.5, 0.6) is 0 Å². The van der Waals surface area contributed by atoms with E-state index in [2.05, 4.69) is 15.4 Å². The number of hydrogen-bond acceptors (Lipinski definition) is 5. The lowest BCUT2D eigenvalue weighted by atomic mass is 10.2. The van der Waals surface area contributed by atoms with Crippen LogP contribution in [0, 0.1) is 0 Å². The highest BCUT2D eigenvalue weighted by Crippen LogP contribution is 2.20. The fourth-order valence-corrected chi connectivity index (χ4v) is 2.03. The quantitative estimate of drug-likeness (QED) is 0.788. The fraction of sp³-hybridized carbons (Fsp3) is 0.182. The number of nitrogens with one attached hydrogen (secondary N) is 1. The van der Waals surface area contributed by atoms with Gasteiger partial charge < -0.3 is 5.11 Å². The van der Waals surface area contributed by atoms with Crippen molar-refractivity contribution in [3.8, 4) is 0 Å². The molecule has 2 aromatic heterocycles. The van der Waals surface area contributed by atoms with Gasteiger partial charge in [0.15, 0.2) is 11.3 Å². The molecule has 102 valence electrons. The predicted octanol–water partition coefficient (Wildman–Crippen LogP) is -0.126. The van der Waals surface area contributed by atoms with Crippen LogP contribution in [0.25, 0.3) is 5.65 Å². The molecule has 3 heterocycles. The Morgan fingerprint density at radius 1 is 1.35 bits per heavy atom. The molecule has 1 saturated heterocycles. The molecule has 3 rings (SSSR count). The summed E-state index contributed by atoms with van der Waals surface area (Å²) < 4.78 is 1.17. The van der Waals surface area contributed by atoms with E-state index >= 15 is 0 Å². The van der Waals surface area contributed by atoms with Gasteiger partial charge in [0.05, 0.1) is 5.69 Å². The van der Waals surface area contributed by atoms with Crippen molar-refractivity contribution in [2.75, 3.05) is 11.4 Å². The van der Waals surface area contributed by atoms with Crippen molar-refractivity contribution in [1.29, 1.82) is 0 Å². The second-order valence-corrected chi connectivity index (χ2v) is 4.19. The lowest BCUT2D eigenvalue weighted by Gasteiger charge is -2.26. The second-order valence-electron chi connectivity index (χ2n) is 4.19. The van der Waals surface area contributed by atoms with Crippen molar-refractivity contribution in [2.24, 2.45) is 0 Å². The lowest BCUT2D eigenvalue weighted by Crippen LogP contribution is -2.49. The minimum Gasteiger partial charge on any atom is -0.477 e. The molecule has 20 heavy (non-hydrogen) atoms. The van der Waals surface area contributed by atoms with Crippen LogP contribution in [0.15, 0.2) is 18.5 Å². The van der Waals surface area contributed by atoms with E-state index < -0.39 is 12.0 Å². The summed E-state index contributed by atoms with van der Waals surface area (Å²) in [5, 5.41) is 15.2. The first-order valence-electron chi connectivity index (χ1n) is 5.74. The van der Waals surface area contributed by atoms with Crippen LogP contribution in [-0.4, -0.2) is 44.2 Å². The van der Waals surface area contributed by atoms with Crippen molar-refractivity contribution >= 4 is 29.2 Å². The van der Waals surface area contributed by atoms with Crippen LogP contribution in [0.3, 0.4) is 0 Å². The van der Waals surface area contributed by atoms with Gasteiger partial charge in [-0.15, -0.1) is 0 Å². The largest absolute Gasteiger partial charge is 0.477 e. The monoisotopic (exact) mass is 275 g/mol. The van der Waals surface area contributed by atoms with Gasteiger partial charge in [-0.05, 0) is 6.07 Å². The number of carbonyl (C=O) groups excluding carboxylic acids is 2. The first-order chi connectivity index (χ1) is 9.56. The molecule has 0 atom stereocenters. The number of anilines is 1. The first kappa shape index (κ1) is 12.1. The Morgan fingerprint density at radius 3 is 2.85 bits per heavy atom. The molecule has 0 aromatic carbocycles. The summed E-state index contributed by atoms with van der Waals surface area (Å²) >= 11 is 0. The van der Waals surface area contributed by atoms with E-state index in [0.717, 1.165) is 0 Å². The van der Waals surface area contributed by atoms with E-state index in [1.807, 2.05) is 0 Å². The number of imide groups is 1. The van der Waals surface area contributed by atoms with Gasteiger partial charge in [0.1, 0.15) is 6.33 Å². The average Bonchev–Trinajstić information content (AvgIpc) is 2.85. The number of hydrogen-bond donors (Lipinski definition) is 2. The molecule has 0 aliphatic carbocycles. The van der Waals surface area contributed by atoms with Crippen molar-refractivity contribution in [3.05, 3.63) is 24.2 Å². The maximum atomic E-state index is 11.8. The summed E-state index contributed by atoms with van der Waals surface area (Å²) in [6, 6.07) is 2.27. The van der Waals surface area contributed by atoms with E-state index in [-0.39, 0.29) is 24.6 Å². The van der Waals surface area contributed by atoms with Crippen LogP contribution in [0.1, 0.15) is 16.9 Å². The highest BCUT2D eigenvalue weighted by Gasteiger charge is 2.26. The van der Waals surface area contributed by atoms with Gasteiger partial charge in [0.2, 0.25) is 5.91 Å². The Balaban J connectivity index is 2.10. The number of carboxylic acid groups (broad SMARTS) is 1. The molecule has 2 aromatic rings. The minimum absolute atomic E-state index is 0.111. The summed E-state index contributed by atoms with van der Waals surface area (Å²) in [6.45, 7) is 0.189. The number of carbonyl (C=O) groups is 3. The molecular formula is C11H9N5O4. The standard InChI is InChI=1S/C11H9N5O4/c17-9-1-2-15(11(20)14-9)6-3-7(10(18)19)16-8(4-6)12-5-13-16/h3-5H,1-2H2,(H,18,19)(H,14,17,20).